The van der Waals surface area contributed by atoms with Crippen molar-refractivity contribution in [1.82, 2.24) is 0 Å². The number of hydrogen-bond acceptors (Lipinski definition) is 2. The number of benzene rings is 1. The smallest absolute Gasteiger partial charge is 0.120 e. The normalized spacial score (nSPS) is 28.4. The van der Waals surface area contributed by atoms with Crippen molar-refractivity contribution in [2.24, 2.45) is 11.7 Å². The Morgan fingerprint density at radius 1 is 1.28 bits per heavy atom. The van der Waals surface area contributed by atoms with Gasteiger partial charge < -0.3 is 10.5 Å². The first-order valence-electron chi connectivity index (χ1n) is 7.06. The van der Waals surface area contributed by atoms with Gasteiger partial charge in [-0.3, -0.25) is 0 Å². The fraction of sp³-hybridized carbons (Fsp3) is 0.625. The molecule has 1 fully saturated rings. The molecule has 0 spiro atoms. The average molecular weight is 247 g/mol. The van der Waals surface area contributed by atoms with Crippen LogP contribution in [-0.2, 0) is 5.54 Å². The highest BCUT2D eigenvalue weighted by atomic mass is 16.5. The molecule has 2 N–H and O–H groups in total. The Labute approximate surface area is 111 Å². The van der Waals surface area contributed by atoms with Crippen LogP contribution in [0.15, 0.2) is 24.3 Å². The first kappa shape index (κ1) is 13.4. The standard InChI is InChI=1S/C16H25NO/c1-12(2)18-15-6-4-5-14(11-15)16(17)9-7-13(3)8-10-16/h4-6,11-13H,7-10,17H2,1-3H3. The number of rotatable bonds is 3. The Kier molecular flexibility index (Phi) is 3.96. The quantitative estimate of drug-likeness (QED) is 0.880. The molecule has 0 atom stereocenters. The van der Waals surface area contributed by atoms with Crippen LogP contribution in [0.4, 0.5) is 0 Å². The first-order chi connectivity index (χ1) is 8.49. The summed E-state index contributed by atoms with van der Waals surface area (Å²) in [5.74, 6) is 1.75. The summed E-state index contributed by atoms with van der Waals surface area (Å²) in [7, 11) is 0. The second-order valence-corrected chi connectivity index (χ2v) is 6.03. The van der Waals surface area contributed by atoms with Crippen LogP contribution in [-0.4, -0.2) is 6.10 Å². The highest BCUT2D eigenvalue weighted by molar-refractivity contribution is 5.33. The molecule has 18 heavy (non-hydrogen) atoms. The summed E-state index contributed by atoms with van der Waals surface area (Å²) in [6, 6.07) is 8.33. The van der Waals surface area contributed by atoms with E-state index in [-0.39, 0.29) is 11.6 Å². The molecule has 1 saturated carbocycles. The Bertz CT molecular complexity index is 392. The third kappa shape index (κ3) is 3.05. The summed E-state index contributed by atoms with van der Waals surface area (Å²) in [5, 5.41) is 0. The van der Waals surface area contributed by atoms with E-state index < -0.39 is 0 Å². The number of nitrogens with two attached hydrogens (primary N) is 1. The maximum atomic E-state index is 6.59. The molecule has 0 unspecified atom stereocenters. The minimum absolute atomic E-state index is 0.150. The summed E-state index contributed by atoms with van der Waals surface area (Å²) in [4.78, 5) is 0. The Hall–Kier alpha value is -1.02. The van der Waals surface area contributed by atoms with Crippen LogP contribution < -0.4 is 10.5 Å². The van der Waals surface area contributed by atoms with Gasteiger partial charge in [0.2, 0.25) is 0 Å². The Morgan fingerprint density at radius 3 is 2.56 bits per heavy atom. The topological polar surface area (TPSA) is 35.2 Å². The van der Waals surface area contributed by atoms with Crippen LogP contribution in [0.1, 0.15) is 52.0 Å². The van der Waals surface area contributed by atoms with Gasteiger partial charge >= 0.3 is 0 Å². The second-order valence-electron chi connectivity index (χ2n) is 6.03. The molecule has 1 aliphatic carbocycles. The van der Waals surface area contributed by atoms with Gasteiger partial charge in [0, 0.05) is 5.54 Å². The number of hydrogen-bond donors (Lipinski definition) is 1. The van der Waals surface area contributed by atoms with E-state index in [2.05, 4.69) is 25.1 Å². The maximum Gasteiger partial charge on any atom is 0.120 e. The summed E-state index contributed by atoms with van der Waals surface area (Å²) in [6.45, 7) is 6.41. The van der Waals surface area contributed by atoms with E-state index in [9.17, 15) is 0 Å². The fourth-order valence-electron chi connectivity index (χ4n) is 2.72. The lowest BCUT2D eigenvalue weighted by Gasteiger charge is -2.36. The molecule has 1 aromatic carbocycles. The van der Waals surface area contributed by atoms with Gasteiger partial charge in [-0.15, -0.1) is 0 Å². The van der Waals surface area contributed by atoms with Gasteiger partial charge in [0.15, 0.2) is 0 Å². The summed E-state index contributed by atoms with van der Waals surface area (Å²) in [5.41, 5.74) is 7.67. The zero-order chi connectivity index (χ0) is 13.2. The highest BCUT2D eigenvalue weighted by Crippen LogP contribution is 2.38. The molecule has 0 saturated heterocycles. The number of ether oxygens (including phenoxy) is 1. The van der Waals surface area contributed by atoms with Crippen LogP contribution in [0.2, 0.25) is 0 Å². The van der Waals surface area contributed by atoms with Gasteiger partial charge in [-0.1, -0.05) is 19.1 Å². The van der Waals surface area contributed by atoms with Crippen molar-refractivity contribution in [1.29, 1.82) is 0 Å². The molecule has 0 radical (unpaired) electrons. The summed E-state index contributed by atoms with van der Waals surface area (Å²) >= 11 is 0. The minimum atomic E-state index is -0.150. The Morgan fingerprint density at radius 2 is 1.94 bits per heavy atom. The van der Waals surface area contributed by atoms with Crippen molar-refractivity contribution < 1.29 is 4.74 Å². The molecule has 2 nitrogen and oxygen atoms in total. The fourth-order valence-corrected chi connectivity index (χ4v) is 2.72. The van der Waals surface area contributed by atoms with Crippen LogP contribution in [0.3, 0.4) is 0 Å². The molecule has 2 rings (SSSR count). The average Bonchev–Trinajstić information content (AvgIpc) is 2.33. The van der Waals surface area contributed by atoms with E-state index in [0.29, 0.717) is 0 Å². The zero-order valence-electron chi connectivity index (χ0n) is 11.8. The third-order valence-electron chi connectivity index (χ3n) is 3.95. The SMILES string of the molecule is CC1CCC(N)(c2cccc(OC(C)C)c2)CC1. The van der Waals surface area contributed by atoms with Crippen molar-refractivity contribution in [3.05, 3.63) is 29.8 Å². The lowest BCUT2D eigenvalue weighted by Crippen LogP contribution is -2.40. The van der Waals surface area contributed by atoms with E-state index in [0.717, 1.165) is 24.5 Å². The maximum absolute atomic E-state index is 6.59. The summed E-state index contributed by atoms with van der Waals surface area (Å²) < 4.78 is 5.76. The lowest BCUT2D eigenvalue weighted by molar-refractivity contribution is 0.235. The predicted octanol–water partition coefficient (Wildman–Crippen LogP) is 3.84. The van der Waals surface area contributed by atoms with Gasteiger partial charge in [0.25, 0.3) is 0 Å². The third-order valence-corrected chi connectivity index (χ3v) is 3.95. The largest absolute Gasteiger partial charge is 0.491 e. The summed E-state index contributed by atoms with van der Waals surface area (Å²) in [6.07, 6.45) is 4.83. The van der Waals surface area contributed by atoms with E-state index in [1.54, 1.807) is 0 Å². The molecular weight excluding hydrogens is 222 g/mol. The van der Waals surface area contributed by atoms with Gasteiger partial charge in [0.05, 0.1) is 6.10 Å². The van der Waals surface area contributed by atoms with Gasteiger partial charge in [-0.25, -0.2) is 0 Å². The first-order valence-corrected chi connectivity index (χ1v) is 7.06. The monoisotopic (exact) mass is 247 g/mol. The van der Waals surface area contributed by atoms with E-state index in [4.69, 9.17) is 10.5 Å². The molecule has 0 amide bonds. The van der Waals surface area contributed by atoms with Crippen molar-refractivity contribution in [3.8, 4) is 5.75 Å². The molecule has 1 aromatic rings. The Balaban J connectivity index is 2.17. The van der Waals surface area contributed by atoms with Crippen molar-refractivity contribution in [2.75, 3.05) is 0 Å². The van der Waals surface area contributed by atoms with E-state index >= 15 is 0 Å². The zero-order valence-corrected chi connectivity index (χ0v) is 11.8. The molecule has 0 heterocycles. The minimum Gasteiger partial charge on any atom is -0.491 e. The second kappa shape index (κ2) is 5.31. The van der Waals surface area contributed by atoms with Gasteiger partial charge in [-0.2, -0.15) is 0 Å². The molecule has 0 aliphatic heterocycles. The van der Waals surface area contributed by atoms with Gasteiger partial charge in [-0.05, 0) is 63.1 Å². The molecule has 0 bridgehead atoms. The molecular formula is C16H25NO. The molecule has 2 heteroatoms. The van der Waals surface area contributed by atoms with Gasteiger partial charge in [0.1, 0.15) is 5.75 Å². The molecule has 100 valence electrons. The van der Waals surface area contributed by atoms with Crippen LogP contribution in [0.5, 0.6) is 5.75 Å². The van der Waals surface area contributed by atoms with Crippen molar-refractivity contribution in [2.45, 2.75) is 58.1 Å². The molecule has 0 aromatic heterocycles. The van der Waals surface area contributed by atoms with E-state index in [1.165, 1.54) is 18.4 Å². The van der Waals surface area contributed by atoms with Crippen LogP contribution in [0, 0.1) is 5.92 Å². The lowest BCUT2D eigenvalue weighted by atomic mass is 9.74. The van der Waals surface area contributed by atoms with Crippen molar-refractivity contribution in [3.63, 3.8) is 0 Å². The predicted molar refractivity (Wildman–Crippen MR) is 75.7 cm³/mol. The molecule has 1 aliphatic rings. The van der Waals surface area contributed by atoms with Crippen LogP contribution >= 0.6 is 0 Å². The van der Waals surface area contributed by atoms with E-state index in [1.807, 2.05) is 19.9 Å². The highest BCUT2D eigenvalue weighted by Gasteiger charge is 2.31. The van der Waals surface area contributed by atoms with Crippen molar-refractivity contribution >= 4 is 0 Å². The van der Waals surface area contributed by atoms with Crippen LogP contribution in [0.25, 0.3) is 0 Å².